The summed E-state index contributed by atoms with van der Waals surface area (Å²) >= 11 is 1.75. The molecule has 2 N–H and O–H groups in total. The van der Waals surface area contributed by atoms with Crippen molar-refractivity contribution in [1.29, 1.82) is 0 Å². The fourth-order valence-corrected chi connectivity index (χ4v) is 5.53. The van der Waals surface area contributed by atoms with Gasteiger partial charge < -0.3 is 15.4 Å². The number of rotatable bonds is 3. The first-order valence-corrected chi connectivity index (χ1v) is 10.7. The summed E-state index contributed by atoms with van der Waals surface area (Å²) in [5.41, 5.74) is 8.35. The summed E-state index contributed by atoms with van der Waals surface area (Å²) in [5.74, 6) is 0.920. The second kappa shape index (κ2) is 6.71. The van der Waals surface area contributed by atoms with E-state index in [4.69, 9.17) is 15.5 Å². The summed E-state index contributed by atoms with van der Waals surface area (Å²) in [7, 11) is 0. The molecule has 1 aromatic heterocycles. The molecule has 2 unspecified atom stereocenters. The van der Waals surface area contributed by atoms with Gasteiger partial charge in [0.05, 0.1) is 15.8 Å². The second-order valence-electron chi connectivity index (χ2n) is 8.15. The van der Waals surface area contributed by atoms with Gasteiger partial charge in [-0.2, -0.15) is 0 Å². The van der Waals surface area contributed by atoms with Crippen LogP contribution in [0.5, 0.6) is 5.75 Å². The number of hydrogen-bond donors (Lipinski definition) is 1. The van der Waals surface area contributed by atoms with Crippen LogP contribution in [0, 0.1) is 11.7 Å². The molecule has 6 heteroatoms. The normalized spacial score (nSPS) is 22.1. The lowest BCUT2D eigenvalue weighted by Crippen LogP contribution is -2.58. The molecule has 2 aliphatic heterocycles. The minimum atomic E-state index is -0.449. The minimum absolute atomic E-state index is 0.108. The van der Waals surface area contributed by atoms with E-state index in [0.717, 1.165) is 47.9 Å². The van der Waals surface area contributed by atoms with Crippen molar-refractivity contribution in [2.45, 2.75) is 37.8 Å². The van der Waals surface area contributed by atoms with Crippen molar-refractivity contribution in [2.75, 3.05) is 18.0 Å². The molecule has 1 saturated heterocycles. The van der Waals surface area contributed by atoms with E-state index in [-0.39, 0.29) is 11.9 Å². The van der Waals surface area contributed by atoms with E-state index in [1.165, 1.54) is 10.8 Å². The number of piperidine rings is 1. The zero-order chi connectivity index (χ0) is 19.3. The van der Waals surface area contributed by atoms with Crippen molar-refractivity contribution in [2.24, 2.45) is 11.7 Å². The smallest absolute Gasteiger partial charge is 0.186 e. The summed E-state index contributed by atoms with van der Waals surface area (Å²) in [6.07, 6.45) is 2.59. The van der Waals surface area contributed by atoms with Gasteiger partial charge in [-0.15, -0.1) is 0 Å². The van der Waals surface area contributed by atoms with Crippen LogP contribution in [0.2, 0.25) is 0 Å². The van der Waals surface area contributed by atoms with E-state index in [1.54, 1.807) is 23.5 Å². The molecular formula is C22H24FN3OS. The highest BCUT2D eigenvalue weighted by Crippen LogP contribution is 2.39. The second-order valence-corrected chi connectivity index (χ2v) is 9.16. The van der Waals surface area contributed by atoms with Gasteiger partial charge in [0.1, 0.15) is 17.7 Å². The van der Waals surface area contributed by atoms with E-state index in [9.17, 15) is 4.39 Å². The van der Waals surface area contributed by atoms with Crippen LogP contribution >= 0.6 is 11.3 Å². The third-order valence-corrected chi connectivity index (χ3v) is 7.42. The molecule has 3 aromatic rings. The van der Waals surface area contributed by atoms with Crippen LogP contribution < -0.4 is 15.4 Å². The first kappa shape index (κ1) is 17.9. The highest BCUT2D eigenvalue weighted by molar-refractivity contribution is 7.22. The SMILES string of the molecule is CC(N)(C1CCN(c2nc3ccccc3s2)CC1)C1Cc2cc(F)ccc2O1. The molecule has 3 heterocycles. The highest BCUT2D eigenvalue weighted by atomic mass is 32.1. The van der Waals surface area contributed by atoms with Crippen LogP contribution in [0.4, 0.5) is 9.52 Å². The molecule has 5 rings (SSSR count). The maximum absolute atomic E-state index is 13.5. The number of ether oxygens (including phenoxy) is 1. The van der Waals surface area contributed by atoms with Gasteiger partial charge >= 0.3 is 0 Å². The number of hydrogen-bond acceptors (Lipinski definition) is 5. The molecule has 0 aliphatic carbocycles. The number of benzene rings is 2. The van der Waals surface area contributed by atoms with Crippen LogP contribution in [0.25, 0.3) is 10.2 Å². The summed E-state index contributed by atoms with van der Waals surface area (Å²) in [4.78, 5) is 7.16. The van der Waals surface area contributed by atoms with Gasteiger partial charge in [-0.1, -0.05) is 23.5 Å². The predicted octanol–water partition coefficient (Wildman–Crippen LogP) is 4.37. The monoisotopic (exact) mass is 397 g/mol. The Morgan fingerprint density at radius 2 is 2.00 bits per heavy atom. The zero-order valence-electron chi connectivity index (χ0n) is 15.9. The van der Waals surface area contributed by atoms with Gasteiger partial charge in [-0.05, 0) is 56.0 Å². The van der Waals surface area contributed by atoms with Crippen molar-refractivity contribution < 1.29 is 9.13 Å². The Hall–Kier alpha value is -2.18. The Bertz CT molecular complexity index is 977. The number of nitrogens with two attached hydrogens (primary N) is 1. The van der Waals surface area contributed by atoms with Crippen molar-refractivity contribution in [3.63, 3.8) is 0 Å². The fourth-order valence-electron chi connectivity index (χ4n) is 4.52. The standard InChI is InChI=1S/C22H24FN3OS/c1-22(24,20-13-14-12-16(23)6-7-18(14)27-20)15-8-10-26(11-9-15)21-25-17-4-2-3-5-19(17)28-21/h2-7,12,15,20H,8-11,13,24H2,1H3. The van der Waals surface area contributed by atoms with E-state index >= 15 is 0 Å². The first-order chi connectivity index (χ1) is 13.5. The largest absolute Gasteiger partial charge is 0.488 e. The van der Waals surface area contributed by atoms with E-state index < -0.39 is 5.54 Å². The van der Waals surface area contributed by atoms with Crippen molar-refractivity contribution >= 4 is 26.7 Å². The van der Waals surface area contributed by atoms with Crippen LogP contribution in [-0.2, 0) is 6.42 Å². The van der Waals surface area contributed by atoms with E-state index in [1.807, 2.05) is 6.07 Å². The van der Waals surface area contributed by atoms with Crippen molar-refractivity contribution in [1.82, 2.24) is 4.98 Å². The fraction of sp³-hybridized carbons (Fsp3) is 0.409. The average Bonchev–Trinajstić information content (AvgIpc) is 3.32. The van der Waals surface area contributed by atoms with E-state index in [0.29, 0.717) is 12.3 Å². The molecule has 2 aromatic carbocycles. The highest BCUT2D eigenvalue weighted by Gasteiger charge is 2.44. The lowest BCUT2D eigenvalue weighted by Gasteiger charge is -2.43. The lowest BCUT2D eigenvalue weighted by atomic mass is 9.75. The topological polar surface area (TPSA) is 51.4 Å². The van der Waals surface area contributed by atoms with Crippen LogP contribution in [0.3, 0.4) is 0 Å². The Kier molecular flexibility index (Phi) is 4.29. The van der Waals surface area contributed by atoms with Crippen LogP contribution in [-0.4, -0.2) is 29.7 Å². The maximum Gasteiger partial charge on any atom is 0.186 e. The summed E-state index contributed by atoms with van der Waals surface area (Å²) < 4.78 is 20.9. The Morgan fingerprint density at radius 1 is 1.21 bits per heavy atom. The number of aromatic nitrogens is 1. The molecule has 28 heavy (non-hydrogen) atoms. The van der Waals surface area contributed by atoms with Gasteiger partial charge in [0.25, 0.3) is 0 Å². The summed E-state index contributed by atoms with van der Waals surface area (Å²) in [6.45, 7) is 4.00. The molecule has 2 aliphatic rings. The lowest BCUT2D eigenvalue weighted by molar-refractivity contribution is 0.0843. The van der Waals surface area contributed by atoms with Crippen molar-refractivity contribution in [3.05, 3.63) is 53.8 Å². The number of fused-ring (bicyclic) bond motifs is 2. The third kappa shape index (κ3) is 3.05. The Morgan fingerprint density at radius 3 is 2.79 bits per heavy atom. The van der Waals surface area contributed by atoms with Gasteiger partial charge in [0.15, 0.2) is 5.13 Å². The van der Waals surface area contributed by atoms with E-state index in [2.05, 4.69) is 30.0 Å². The predicted molar refractivity (Wildman–Crippen MR) is 112 cm³/mol. The molecule has 0 saturated carbocycles. The average molecular weight is 398 g/mol. The molecule has 0 radical (unpaired) electrons. The Labute approximate surface area is 168 Å². The van der Waals surface area contributed by atoms with Crippen molar-refractivity contribution in [3.8, 4) is 5.75 Å². The van der Waals surface area contributed by atoms with Gasteiger partial charge in [-0.25, -0.2) is 9.37 Å². The molecule has 0 spiro atoms. The van der Waals surface area contributed by atoms with Gasteiger partial charge in [0, 0.05) is 25.1 Å². The Balaban J connectivity index is 1.27. The first-order valence-electron chi connectivity index (χ1n) is 9.85. The third-order valence-electron chi connectivity index (χ3n) is 6.32. The molecule has 0 bridgehead atoms. The number of halogens is 1. The quantitative estimate of drug-likeness (QED) is 0.713. The molecule has 1 fully saturated rings. The van der Waals surface area contributed by atoms with Gasteiger partial charge in [-0.3, -0.25) is 0 Å². The van der Waals surface area contributed by atoms with Crippen LogP contribution in [0.15, 0.2) is 42.5 Å². The number of nitrogens with zero attached hydrogens (tertiary/aromatic N) is 2. The molecule has 4 nitrogen and oxygen atoms in total. The minimum Gasteiger partial charge on any atom is -0.488 e. The molecular weight excluding hydrogens is 373 g/mol. The molecule has 146 valence electrons. The summed E-state index contributed by atoms with van der Waals surface area (Å²) in [6, 6.07) is 13.0. The molecule has 2 atom stereocenters. The summed E-state index contributed by atoms with van der Waals surface area (Å²) in [5, 5.41) is 1.10. The molecule has 0 amide bonds. The maximum atomic E-state index is 13.5. The zero-order valence-corrected chi connectivity index (χ0v) is 16.7. The van der Waals surface area contributed by atoms with Gasteiger partial charge in [0.2, 0.25) is 0 Å². The van der Waals surface area contributed by atoms with Crippen LogP contribution in [0.1, 0.15) is 25.3 Å². The number of anilines is 1. The number of para-hydroxylation sites is 1. The number of thiazole rings is 1.